The number of nitrogens with zero attached hydrogens (tertiary/aromatic N) is 2. The van der Waals surface area contributed by atoms with Gasteiger partial charge in [0.25, 0.3) is 0 Å². The number of carbonyl (C=O) groups excluding carboxylic acids is 2. The van der Waals surface area contributed by atoms with Gasteiger partial charge in [0.15, 0.2) is 23.0 Å². The highest BCUT2D eigenvalue weighted by atomic mass is 16.3. The molecule has 8 aromatic rings. The Morgan fingerprint density at radius 2 is 0.848 bits per heavy atom. The van der Waals surface area contributed by atoms with Gasteiger partial charge in [0, 0.05) is 47.2 Å². The van der Waals surface area contributed by atoms with Gasteiger partial charge in [0.1, 0.15) is 24.9 Å². The molecule has 2 atom stereocenters. The molecule has 2 aliphatic carbocycles. The molecule has 6 nitrogen and oxygen atoms in total. The summed E-state index contributed by atoms with van der Waals surface area (Å²) in [5, 5.41) is 39.6. The zero-order chi connectivity index (χ0) is 45.6. The molecule has 6 heteroatoms. The molecule has 0 amide bonds. The Morgan fingerprint density at radius 3 is 1.24 bits per heavy atom. The first-order valence-electron chi connectivity index (χ1n) is 23.9. The number of hydrogen-bond donors (Lipinski definition) is 0. The largest absolute Gasteiger partial charge is 0.874 e. The van der Waals surface area contributed by atoms with Crippen molar-refractivity contribution in [3.8, 4) is 0 Å². The van der Waals surface area contributed by atoms with Crippen LogP contribution in [0.15, 0.2) is 133 Å². The second kappa shape index (κ2) is 14.3. The first-order chi connectivity index (χ1) is 31.9. The van der Waals surface area contributed by atoms with Gasteiger partial charge >= 0.3 is 0 Å². The summed E-state index contributed by atoms with van der Waals surface area (Å²) in [6.45, 7) is 14.5. The highest BCUT2D eigenvalue weighted by molar-refractivity contribution is 6.42. The Balaban J connectivity index is 0.971. The fourth-order valence-electron chi connectivity index (χ4n) is 12.8. The SMILES string of the molecule is CCCC[N+]1=C(C2C(=O)C(c3ccc4ccc5c(C6=C([O-])C(C7=[N+](CCCC)c8ccc9ccccc9c8C7(C)C)C6=O)ccc6ccc3c4c65)=C2[O-])C(C)(C)c2c1ccc1ccccc21. The van der Waals surface area contributed by atoms with E-state index in [1.165, 1.54) is 11.1 Å². The van der Waals surface area contributed by atoms with E-state index in [4.69, 9.17) is 0 Å². The maximum Gasteiger partial charge on any atom is 0.210 e. The van der Waals surface area contributed by atoms with Crippen molar-refractivity contribution in [3.63, 3.8) is 0 Å². The predicted molar refractivity (Wildman–Crippen MR) is 264 cm³/mol. The standard InChI is InChI=1S/C60H52N2O4/c1-7-9-31-61-43-29-23-33-15-11-13-17-37(33)51(43)59(3,4)57(61)49-53(63)47(54(49)64)41-27-21-35-20-26-40-42(28-22-36-19-25-39(41)45(35)46(36)40)48-55(65)50(56(48)66)58-60(5,6)52-38-18-14-12-16-34(38)24-30-44(52)62(58)32-10-8-2/h11-30,49-50H,7-10,31-32H2,1-6H3. The fraction of sp³-hybridized carbons (Fsp3) is 0.267. The Morgan fingerprint density at radius 1 is 0.470 bits per heavy atom. The van der Waals surface area contributed by atoms with Crippen molar-refractivity contribution in [3.05, 3.63) is 155 Å². The lowest BCUT2D eigenvalue weighted by atomic mass is 9.66. The second-order valence-corrected chi connectivity index (χ2v) is 20.1. The molecule has 2 unspecified atom stereocenters. The molecular formula is C60H52N2O4. The molecule has 0 radical (unpaired) electrons. The van der Waals surface area contributed by atoms with Crippen molar-refractivity contribution in [1.82, 2.24) is 0 Å². The highest BCUT2D eigenvalue weighted by Crippen LogP contribution is 2.53. The van der Waals surface area contributed by atoms with Crippen molar-refractivity contribution in [2.75, 3.05) is 13.1 Å². The molecule has 0 aromatic heterocycles. The minimum Gasteiger partial charge on any atom is -0.874 e. The maximum absolute atomic E-state index is 14.8. The molecule has 326 valence electrons. The van der Waals surface area contributed by atoms with Crippen LogP contribution in [-0.2, 0) is 20.4 Å². The number of Topliss-reactive ketones (excluding diaryl/α,β-unsaturated/α-hetero) is 2. The van der Waals surface area contributed by atoms with Gasteiger partial charge in [-0.3, -0.25) is 9.59 Å². The normalized spacial score (nSPS) is 19.9. The van der Waals surface area contributed by atoms with Crippen LogP contribution in [0.4, 0.5) is 11.4 Å². The van der Waals surface area contributed by atoms with Gasteiger partial charge < -0.3 is 10.2 Å². The summed E-state index contributed by atoms with van der Waals surface area (Å²) in [6, 6.07) is 41.4. The lowest BCUT2D eigenvalue weighted by Crippen LogP contribution is -2.49. The van der Waals surface area contributed by atoms with E-state index in [-0.39, 0.29) is 34.2 Å². The van der Waals surface area contributed by atoms with Crippen LogP contribution in [0, 0.1) is 11.8 Å². The number of ketones is 2. The van der Waals surface area contributed by atoms with Gasteiger partial charge in [-0.2, -0.15) is 9.15 Å². The van der Waals surface area contributed by atoms with E-state index in [2.05, 4.69) is 111 Å². The van der Waals surface area contributed by atoms with Crippen molar-refractivity contribution >= 4 is 99.4 Å². The van der Waals surface area contributed by atoms with Crippen LogP contribution in [0.5, 0.6) is 0 Å². The number of hydrogen-bond acceptors (Lipinski definition) is 4. The van der Waals surface area contributed by atoms with Gasteiger partial charge in [-0.25, -0.2) is 0 Å². The maximum atomic E-state index is 14.8. The molecule has 0 saturated carbocycles. The van der Waals surface area contributed by atoms with E-state index in [0.717, 1.165) is 115 Å². The quantitative estimate of drug-likeness (QED) is 0.101. The van der Waals surface area contributed by atoms with E-state index in [1.54, 1.807) is 0 Å². The monoisotopic (exact) mass is 864 g/mol. The van der Waals surface area contributed by atoms with Crippen LogP contribution in [0.2, 0.25) is 0 Å². The Kier molecular flexibility index (Phi) is 8.79. The third kappa shape index (κ3) is 5.24. The molecule has 4 aliphatic rings. The molecule has 2 heterocycles. The van der Waals surface area contributed by atoms with Crippen molar-refractivity contribution in [2.24, 2.45) is 11.8 Å². The van der Waals surface area contributed by atoms with Crippen LogP contribution in [0.1, 0.15) is 89.5 Å². The van der Waals surface area contributed by atoms with Gasteiger partial charge in [-0.05, 0) is 105 Å². The van der Waals surface area contributed by atoms with Crippen LogP contribution in [-0.4, -0.2) is 45.2 Å². The van der Waals surface area contributed by atoms with Gasteiger partial charge in [-0.1, -0.05) is 135 Å². The van der Waals surface area contributed by atoms with Crippen molar-refractivity contribution in [1.29, 1.82) is 0 Å². The molecule has 2 aliphatic heterocycles. The summed E-state index contributed by atoms with van der Waals surface area (Å²) < 4.78 is 4.55. The van der Waals surface area contributed by atoms with Crippen molar-refractivity contribution in [2.45, 2.75) is 78.1 Å². The Bertz CT molecular complexity index is 3390. The molecule has 0 bridgehead atoms. The van der Waals surface area contributed by atoms with E-state index in [9.17, 15) is 19.8 Å². The van der Waals surface area contributed by atoms with E-state index >= 15 is 0 Å². The minimum atomic E-state index is -0.865. The molecule has 8 aromatic carbocycles. The zero-order valence-corrected chi connectivity index (χ0v) is 38.5. The third-order valence-corrected chi connectivity index (χ3v) is 15.8. The zero-order valence-electron chi connectivity index (χ0n) is 38.5. The summed E-state index contributed by atoms with van der Waals surface area (Å²) in [6.07, 6.45) is 3.86. The van der Waals surface area contributed by atoms with Crippen molar-refractivity contribution < 1.29 is 29.0 Å². The number of carbonyl (C=O) groups is 2. The third-order valence-electron chi connectivity index (χ3n) is 15.8. The Hall–Kier alpha value is -6.92. The summed E-state index contributed by atoms with van der Waals surface area (Å²) in [5.41, 5.74) is 6.93. The smallest absolute Gasteiger partial charge is 0.210 e. The van der Waals surface area contributed by atoms with Gasteiger partial charge in [0.05, 0.1) is 10.8 Å². The summed E-state index contributed by atoms with van der Waals surface area (Å²) in [5.74, 6) is -2.29. The van der Waals surface area contributed by atoms with E-state index in [0.29, 0.717) is 11.1 Å². The molecule has 0 fully saturated rings. The second-order valence-electron chi connectivity index (χ2n) is 20.1. The Labute approximate surface area is 384 Å². The van der Waals surface area contributed by atoms with E-state index in [1.807, 2.05) is 60.7 Å². The predicted octanol–water partition coefficient (Wildman–Crippen LogP) is 11.2. The lowest BCUT2D eigenvalue weighted by Gasteiger charge is -2.39. The molecule has 12 rings (SSSR count). The number of unbranched alkanes of at least 4 members (excludes halogenated alkanes) is 2. The van der Waals surface area contributed by atoms with E-state index < -0.39 is 22.7 Å². The molecule has 0 spiro atoms. The average Bonchev–Trinajstić information content (AvgIpc) is 3.68. The minimum absolute atomic E-state index is 0.139. The average molecular weight is 865 g/mol. The van der Waals surface area contributed by atoms with Crippen LogP contribution in [0.25, 0.3) is 65.0 Å². The first-order valence-corrected chi connectivity index (χ1v) is 23.9. The fourth-order valence-corrected chi connectivity index (χ4v) is 12.8. The number of rotatable bonds is 10. The van der Waals surface area contributed by atoms with Crippen LogP contribution < -0.4 is 10.2 Å². The topological polar surface area (TPSA) is 86.3 Å². The summed E-state index contributed by atoms with van der Waals surface area (Å²) in [7, 11) is 0. The van der Waals surface area contributed by atoms with Gasteiger partial charge in [0.2, 0.25) is 11.4 Å². The molecular weight excluding hydrogens is 813 g/mol. The van der Waals surface area contributed by atoms with Crippen LogP contribution in [0.3, 0.4) is 0 Å². The van der Waals surface area contributed by atoms with Gasteiger partial charge in [-0.15, -0.1) is 0 Å². The summed E-state index contributed by atoms with van der Waals surface area (Å²) >= 11 is 0. The lowest BCUT2D eigenvalue weighted by molar-refractivity contribution is -0.442. The molecule has 66 heavy (non-hydrogen) atoms. The number of fused-ring (bicyclic) bond motifs is 6. The highest BCUT2D eigenvalue weighted by Gasteiger charge is 2.56. The van der Waals surface area contributed by atoms with Crippen LogP contribution >= 0.6 is 0 Å². The number of allylic oxidation sites excluding steroid dienone is 4. The number of benzene rings is 8. The molecule has 0 N–H and O–H groups in total. The molecule has 0 saturated heterocycles. The summed E-state index contributed by atoms with van der Waals surface area (Å²) in [4.78, 5) is 29.6. The first kappa shape index (κ1) is 40.6.